The average Bonchev–Trinajstić information content (AvgIpc) is 2.74. The fraction of sp³-hybridized carbons (Fsp3) is 0.696. The Morgan fingerprint density at radius 3 is 2.15 bits per heavy atom. The van der Waals surface area contributed by atoms with E-state index in [1.807, 2.05) is 33.9 Å². The van der Waals surface area contributed by atoms with Crippen LogP contribution in [0.3, 0.4) is 0 Å². The monoisotopic (exact) mass is 374 g/mol. The molecule has 0 unspecified atom stereocenters. The van der Waals surface area contributed by atoms with Crippen LogP contribution in [0.25, 0.3) is 6.08 Å². The molecule has 0 atom stereocenters. The zero-order chi connectivity index (χ0) is 20.1. The third-order valence-corrected chi connectivity index (χ3v) is 5.20. The summed E-state index contributed by atoms with van der Waals surface area (Å²) in [5, 5.41) is 0. The second-order valence-electron chi connectivity index (χ2n) is 7.03. The molecule has 0 spiro atoms. The van der Waals surface area contributed by atoms with Gasteiger partial charge in [0.25, 0.3) is 0 Å². The molecule has 2 saturated heterocycles. The maximum absolute atomic E-state index is 4.42. The third kappa shape index (κ3) is 8.54. The lowest BCUT2D eigenvalue weighted by Crippen LogP contribution is -2.52. The van der Waals surface area contributed by atoms with Gasteiger partial charge in [0, 0.05) is 45.0 Å². The van der Waals surface area contributed by atoms with E-state index >= 15 is 0 Å². The molecule has 1 aromatic heterocycles. The third-order valence-electron chi connectivity index (χ3n) is 5.20. The Morgan fingerprint density at radius 2 is 1.59 bits per heavy atom. The van der Waals surface area contributed by atoms with Crippen molar-refractivity contribution in [2.75, 3.05) is 52.9 Å². The van der Waals surface area contributed by atoms with Gasteiger partial charge in [-0.25, -0.2) is 0 Å². The molecule has 154 valence electrons. The van der Waals surface area contributed by atoms with E-state index in [4.69, 9.17) is 0 Å². The van der Waals surface area contributed by atoms with Crippen LogP contribution in [0.15, 0.2) is 24.4 Å². The molecule has 3 heterocycles. The number of aromatic nitrogens is 1. The molecule has 4 nitrogen and oxygen atoms in total. The van der Waals surface area contributed by atoms with Crippen molar-refractivity contribution in [3.8, 4) is 0 Å². The van der Waals surface area contributed by atoms with E-state index in [1.54, 1.807) is 0 Å². The number of hydrogen-bond donors (Lipinski definition) is 0. The van der Waals surface area contributed by atoms with E-state index < -0.39 is 0 Å². The summed E-state index contributed by atoms with van der Waals surface area (Å²) in [6.07, 6.45) is 8.97. The highest BCUT2D eigenvalue weighted by Crippen LogP contribution is 2.18. The lowest BCUT2D eigenvalue weighted by Gasteiger charge is -2.41. The largest absolute Gasteiger partial charge is 0.304 e. The van der Waals surface area contributed by atoms with Gasteiger partial charge in [0.05, 0.1) is 5.69 Å². The number of aryl methyl sites for hydroxylation is 1. The van der Waals surface area contributed by atoms with Gasteiger partial charge in [-0.3, -0.25) is 14.8 Å². The first-order chi connectivity index (χ1) is 13.2. The molecule has 0 radical (unpaired) electrons. The first kappa shape index (κ1) is 23.8. The van der Waals surface area contributed by atoms with Crippen LogP contribution in [0, 0.1) is 6.92 Å². The van der Waals surface area contributed by atoms with Gasteiger partial charge in [0.1, 0.15) is 0 Å². The number of piperidine rings is 1. The zero-order valence-electron chi connectivity index (χ0n) is 18.6. The lowest BCUT2D eigenvalue weighted by molar-refractivity contribution is 0.0709. The van der Waals surface area contributed by atoms with Crippen LogP contribution < -0.4 is 0 Å². The summed E-state index contributed by atoms with van der Waals surface area (Å²) in [4.78, 5) is 12.1. The van der Waals surface area contributed by atoms with Gasteiger partial charge in [-0.2, -0.15) is 0 Å². The first-order valence-electron chi connectivity index (χ1n) is 10.9. The minimum absolute atomic E-state index is 0.808. The number of nitrogens with zero attached hydrogens (tertiary/aromatic N) is 4. The zero-order valence-corrected chi connectivity index (χ0v) is 18.6. The van der Waals surface area contributed by atoms with Crippen LogP contribution in [0.2, 0.25) is 0 Å². The summed E-state index contributed by atoms with van der Waals surface area (Å²) in [6.45, 7) is 18.5. The molecule has 1 aromatic rings. The van der Waals surface area contributed by atoms with Crippen LogP contribution in [0.5, 0.6) is 0 Å². The van der Waals surface area contributed by atoms with Gasteiger partial charge >= 0.3 is 0 Å². The fourth-order valence-corrected chi connectivity index (χ4v) is 3.55. The van der Waals surface area contributed by atoms with Gasteiger partial charge in [-0.15, -0.1) is 0 Å². The van der Waals surface area contributed by atoms with Crippen molar-refractivity contribution in [3.05, 3.63) is 35.7 Å². The van der Waals surface area contributed by atoms with Crippen molar-refractivity contribution in [2.24, 2.45) is 0 Å². The van der Waals surface area contributed by atoms with Gasteiger partial charge in [-0.1, -0.05) is 39.8 Å². The summed E-state index contributed by atoms with van der Waals surface area (Å²) in [7, 11) is 2.23. The Bertz CT molecular complexity index is 496. The molecular weight excluding hydrogens is 332 g/mol. The molecule has 0 aliphatic carbocycles. The molecule has 0 saturated carbocycles. The second-order valence-corrected chi connectivity index (χ2v) is 7.03. The van der Waals surface area contributed by atoms with Crippen molar-refractivity contribution in [3.63, 3.8) is 0 Å². The van der Waals surface area contributed by atoms with Crippen molar-refractivity contribution in [1.29, 1.82) is 0 Å². The molecule has 27 heavy (non-hydrogen) atoms. The number of hydrogen-bond acceptors (Lipinski definition) is 4. The normalized spacial score (nSPS) is 19.9. The van der Waals surface area contributed by atoms with E-state index in [0.29, 0.717) is 0 Å². The second kappa shape index (κ2) is 13.9. The minimum atomic E-state index is 0.808. The van der Waals surface area contributed by atoms with Crippen LogP contribution in [-0.4, -0.2) is 78.6 Å². The van der Waals surface area contributed by atoms with Crippen molar-refractivity contribution in [2.45, 2.75) is 53.5 Å². The molecule has 3 rings (SSSR count). The summed E-state index contributed by atoms with van der Waals surface area (Å²) in [5.74, 6) is 0. The first-order valence-corrected chi connectivity index (χ1v) is 10.9. The molecule has 0 aromatic carbocycles. The molecule has 2 aliphatic rings. The predicted octanol–water partition coefficient (Wildman–Crippen LogP) is 4.17. The number of likely N-dealkylation sites (tertiary alicyclic amines) is 1. The predicted molar refractivity (Wildman–Crippen MR) is 119 cm³/mol. The molecule has 4 heteroatoms. The Labute approximate surface area is 168 Å². The van der Waals surface area contributed by atoms with Gasteiger partial charge < -0.3 is 4.90 Å². The Kier molecular flexibility index (Phi) is 12.2. The van der Waals surface area contributed by atoms with Crippen LogP contribution >= 0.6 is 0 Å². The highest BCUT2D eigenvalue weighted by Gasteiger charge is 2.26. The Hall–Kier alpha value is -1.23. The van der Waals surface area contributed by atoms with Gasteiger partial charge in [-0.05, 0) is 57.6 Å². The van der Waals surface area contributed by atoms with Crippen molar-refractivity contribution >= 4 is 6.08 Å². The van der Waals surface area contributed by atoms with E-state index in [-0.39, 0.29) is 0 Å². The minimum Gasteiger partial charge on any atom is -0.304 e. The van der Waals surface area contributed by atoms with Gasteiger partial charge in [0.15, 0.2) is 0 Å². The highest BCUT2D eigenvalue weighted by molar-refractivity contribution is 5.44. The van der Waals surface area contributed by atoms with Gasteiger partial charge in [0.2, 0.25) is 0 Å². The molecule has 2 aliphatic heterocycles. The molecule has 0 N–H and O–H groups in total. The van der Waals surface area contributed by atoms with Crippen LogP contribution in [0.1, 0.15) is 51.8 Å². The number of pyridine rings is 1. The van der Waals surface area contributed by atoms with E-state index in [9.17, 15) is 0 Å². The van der Waals surface area contributed by atoms with Crippen molar-refractivity contribution in [1.82, 2.24) is 19.7 Å². The maximum Gasteiger partial charge on any atom is 0.0627 e. The number of likely N-dealkylation sites (N-methyl/N-ethyl adjacent to an activating group) is 1. The quantitative estimate of drug-likeness (QED) is 0.789. The molecule has 0 amide bonds. The highest BCUT2D eigenvalue weighted by atomic mass is 15.3. The number of rotatable bonds is 4. The average molecular weight is 375 g/mol. The summed E-state index contributed by atoms with van der Waals surface area (Å²) >= 11 is 0. The summed E-state index contributed by atoms with van der Waals surface area (Å²) in [6, 6.07) is 5.02. The molecule has 2 fully saturated rings. The SMILES string of the molecule is CC.CC.Cc1ccc(/C=C/CN2CCC(N3CCN(C)CC3)CC2)nc1. The fourth-order valence-electron chi connectivity index (χ4n) is 3.55. The number of piperazine rings is 1. The summed E-state index contributed by atoms with van der Waals surface area (Å²) in [5.41, 5.74) is 2.27. The van der Waals surface area contributed by atoms with Crippen LogP contribution in [-0.2, 0) is 0 Å². The van der Waals surface area contributed by atoms with E-state index in [2.05, 4.69) is 57.9 Å². The Morgan fingerprint density at radius 1 is 0.963 bits per heavy atom. The van der Waals surface area contributed by atoms with E-state index in [1.165, 1.54) is 57.7 Å². The summed E-state index contributed by atoms with van der Waals surface area (Å²) < 4.78 is 0. The smallest absolute Gasteiger partial charge is 0.0627 e. The van der Waals surface area contributed by atoms with Crippen molar-refractivity contribution < 1.29 is 0 Å². The maximum atomic E-state index is 4.42. The topological polar surface area (TPSA) is 22.6 Å². The molecular formula is C23H42N4. The van der Waals surface area contributed by atoms with Crippen LogP contribution in [0.4, 0.5) is 0 Å². The molecule has 0 bridgehead atoms. The Balaban J connectivity index is 0.000000855. The lowest BCUT2D eigenvalue weighted by atomic mass is 10.0. The van der Waals surface area contributed by atoms with E-state index in [0.717, 1.165) is 18.3 Å². The standard InChI is InChI=1S/C19H30N4.2C2H6/c1-17-5-6-18(20-16-17)4-3-9-22-10-7-19(8-11-22)23-14-12-21(2)13-15-23;2*1-2/h3-6,16,19H,7-15H2,1-2H3;2*1-2H3/b4-3+;;.